The monoisotopic (exact) mass is 232 g/mol. The van der Waals surface area contributed by atoms with E-state index < -0.39 is 5.54 Å². The zero-order valence-corrected chi connectivity index (χ0v) is 10.8. The Hall–Kier alpha value is -0.650. The zero-order chi connectivity index (χ0) is 12.6. The Morgan fingerprint density at radius 1 is 1.25 bits per heavy atom. The average Bonchev–Trinajstić information content (AvgIpc) is 2.28. The number of methoxy groups -OCH3 is 2. The van der Waals surface area contributed by atoms with E-state index in [1.54, 1.807) is 26.0 Å². The first-order valence-corrected chi connectivity index (χ1v) is 5.55. The van der Waals surface area contributed by atoms with Gasteiger partial charge in [-0.25, -0.2) is 0 Å². The van der Waals surface area contributed by atoms with Crippen molar-refractivity contribution in [2.24, 2.45) is 5.73 Å². The Bertz CT molecular complexity index is 199. The Morgan fingerprint density at radius 2 is 1.69 bits per heavy atom. The average molecular weight is 232 g/mol. The number of rotatable bonds is 8. The molecular weight excluding hydrogens is 208 g/mol. The fourth-order valence-corrected chi connectivity index (χ4v) is 1.23. The first-order chi connectivity index (χ1) is 7.49. The Balaban J connectivity index is 4.42. The van der Waals surface area contributed by atoms with Crippen LogP contribution in [-0.2, 0) is 14.3 Å². The van der Waals surface area contributed by atoms with Gasteiger partial charge in [-0.1, -0.05) is 6.92 Å². The van der Waals surface area contributed by atoms with Crippen LogP contribution < -0.4 is 5.73 Å². The molecule has 0 rings (SSSR count). The second-order valence-electron chi connectivity index (χ2n) is 4.05. The van der Waals surface area contributed by atoms with Gasteiger partial charge >= 0.3 is 0 Å². The van der Waals surface area contributed by atoms with Crippen LogP contribution in [0.15, 0.2) is 0 Å². The summed E-state index contributed by atoms with van der Waals surface area (Å²) in [5.41, 5.74) is 5.13. The molecule has 1 amide bonds. The van der Waals surface area contributed by atoms with Gasteiger partial charge in [-0.3, -0.25) is 4.79 Å². The van der Waals surface area contributed by atoms with Crippen LogP contribution in [0.2, 0.25) is 0 Å². The quantitative estimate of drug-likeness (QED) is 0.651. The number of hydrogen-bond donors (Lipinski definition) is 1. The number of amides is 1. The van der Waals surface area contributed by atoms with Crippen LogP contribution in [-0.4, -0.2) is 56.9 Å². The topological polar surface area (TPSA) is 64.8 Å². The van der Waals surface area contributed by atoms with E-state index in [1.165, 1.54) is 0 Å². The summed E-state index contributed by atoms with van der Waals surface area (Å²) in [6, 6.07) is 0. The highest BCUT2D eigenvalue weighted by Gasteiger charge is 2.30. The number of hydrogen-bond acceptors (Lipinski definition) is 4. The number of carbonyl (C=O) groups excluding carboxylic acids is 1. The third-order valence-electron chi connectivity index (χ3n) is 2.64. The molecule has 96 valence electrons. The summed E-state index contributed by atoms with van der Waals surface area (Å²) in [7, 11) is 3.22. The highest BCUT2D eigenvalue weighted by molar-refractivity contribution is 5.85. The Morgan fingerprint density at radius 3 is 2.00 bits per heavy atom. The summed E-state index contributed by atoms with van der Waals surface area (Å²) in [5, 5.41) is 0. The maximum atomic E-state index is 12.1. The summed E-state index contributed by atoms with van der Waals surface area (Å²) in [4.78, 5) is 13.8. The van der Waals surface area contributed by atoms with Crippen molar-refractivity contribution in [3.8, 4) is 0 Å². The minimum atomic E-state index is -0.804. The van der Waals surface area contributed by atoms with Crippen LogP contribution in [0, 0.1) is 0 Å². The molecule has 0 heterocycles. The van der Waals surface area contributed by atoms with Crippen molar-refractivity contribution in [2.45, 2.75) is 25.8 Å². The van der Waals surface area contributed by atoms with Gasteiger partial charge in [-0.15, -0.1) is 0 Å². The van der Waals surface area contributed by atoms with E-state index in [0.717, 1.165) is 0 Å². The fraction of sp³-hybridized carbons (Fsp3) is 0.909. The van der Waals surface area contributed by atoms with E-state index in [0.29, 0.717) is 32.7 Å². The van der Waals surface area contributed by atoms with Gasteiger partial charge in [-0.05, 0) is 13.3 Å². The van der Waals surface area contributed by atoms with E-state index in [-0.39, 0.29) is 5.91 Å². The van der Waals surface area contributed by atoms with E-state index in [9.17, 15) is 4.79 Å². The molecule has 0 bridgehead atoms. The SMILES string of the molecule is CCC(C)(N)C(=O)N(CCOC)CCOC. The minimum absolute atomic E-state index is 0.0518. The van der Waals surface area contributed by atoms with E-state index in [1.807, 2.05) is 6.92 Å². The molecule has 16 heavy (non-hydrogen) atoms. The lowest BCUT2D eigenvalue weighted by molar-refractivity contribution is -0.137. The maximum Gasteiger partial charge on any atom is 0.242 e. The van der Waals surface area contributed by atoms with Gasteiger partial charge in [0.15, 0.2) is 0 Å². The van der Waals surface area contributed by atoms with Crippen molar-refractivity contribution in [3.05, 3.63) is 0 Å². The van der Waals surface area contributed by atoms with Crippen molar-refractivity contribution in [3.63, 3.8) is 0 Å². The number of nitrogens with zero attached hydrogens (tertiary/aromatic N) is 1. The molecule has 0 spiro atoms. The van der Waals surface area contributed by atoms with E-state index in [4.69, 9.17) is 15.2 Å². The Kier molecular flexibility index (Phi) is 7.29. The van der Waals surface area contributed by atoms with Crippen LogP contribution in [0.3, 0.4) is 0 Å². The molecule has 0 aliphatic heterocycles. The second kappa shape index (κ2) is 7.60. The molecule has 0 aromatic carbocycles. The maximum absolute atomic E-state index is 12.1. The van der Waals surface area contributed by atoms with Gasteiger partial charge in [0.05, 0.1) is 18.8 Å². The molecule has 5 nitrogen and oxygen atoms in total. The lowest BCUT2D eigenvalue weighted by Gasteiger charge is -2.30. The van der Waals surface area contributed by atoms with Gasteiger partial charge in [0, 0.05) is 27.3 Å². The van der Waals surface area contributed by atoms with Crippen LogP contribution in [0.25, 0.3) is 0 Å². The van der Waals surface area contributed by atoms with Crippen molar-refractivity contribution < 1.29 is 14.3 Å². The Labute approximate surface area is 97.9 Å². The smallest absolute Gasteiger partial charge is 0.242 e. The fourth-order valence-electron chi connectivity index (χ4n) is 1.23. The second-order valence-corrected chi connectivity index (χ2v) is 4.05. The highest BCUT2D eigenvalue weighted by atomic mass is 16.5. The summed E-state index contributed by atoms with van der Waals surface area (Å²) in [5.74, 6) is -0.0518. The van der Waals surface area contributed by atoms with Gasteiger partial charge in [0.25, 0.3) is 0 Å². The highest BCUT2D eigenvalue weighted by Crippen LogP contribution is 2.09. The summed E-state index contributed by atoms with van der Waals surface area (Å²) in [6.07, 6.45) is 0.613. The van der Waals surface area contributed by atoms with Crippen molar-refractivity contribution in [1.29, 1.82) is 0 Å². The van der Waals surface area contributed by atoms with Crippen LogP contribution >= 0.6 is 0 Å². The largest absolute Gasteiger partial charge is 0.383 e. The van der Waals surface area contributed by atoms with Crippen molar-refractivity contribution in [1.82, 2.24) is 4.90 Å². The molecule has 0 aliphatic carbocycles. The van der Waals surface area contributed by atoms with Crippen LogP contribution in [0.4, 0.5) is 0 Å². The normalized spacial score (nSPS) is 14.6. The lowest BCUT2D eigenvalue weighted by Crippen LogP contribution is -2.54. The zero-order valence-electron chi connectivity index (χ0n) is 10.8. The predicted molar refractivity (Wildman–Crippen MR) is 63.2 cm³/mol. The van der Waals surface area contributed by atoms with Gasteiger partial charge in [0.1, 0.15) is 0 Å². The molecule has 2 N–H and O–H groups in total. The standard InChI is InChI=1S/C11H24N2O3/c1-5-11(2,12)10(14)13(6-8-15-3)7-9-16-4/h5-9,12H2,1-4H3. The molecule has 1 atom stereocenters. The van der Waals surface area contributed by atoms with Crippen LogP contribution in [0.5, 0.6) is 0 Å². The number of ether oxygens (including phenoxy) is 2. The first-order valence-electron chi connectivity index (χ1n) is 5.55. The van der Waals surface area contributed by atoms with E-state index >= 15 is 0 Å². The van der Waals surface area contributed by atoms with Gasteiger partial charge in [0.2, 0.25) is 5.91 Å². The van der Waals surface area contributed by atoms with Crippen LogP contribution in [0.1, 0.15) is 20.3 Å². The summed E-state index contributed by atoms with van der Waals surface area (Å²) >= 11 is 0. The molecule has 0 saturated carbocycles. The molecule has 0 aromatic heterocycles. The van der Waals surface area contributed by atoms with Gasteiger partial charge < -0.3 is 20.1 Å². The molecule has 5 heteroatoms. The minimum Gasteiger partial charge on any atom is -0.383 e. The molecule has 1 unspecified atom stereocenters. The molecule has 0 aliphatic rings. The number of nitrogens with two attached hydrogens (primary N) is 1. The molecular formula is C11H24N2O3. The predicted octanol–water partition coefficient (Wildman–Crippen LogP) is 0.235. The summed E-state index contributed by atoms with van der Waals surface area (Å²) < 4.78 is 9.95. The van der Waals surface area contributed by atoms with Gasteiger partial charge in [-0.2, -0.15) is 0 Å². The lowest BCUT2D eigenvalue weighted by atomic mass is 9.98. The van der Waals surface area contributed by atoms with Crippen molar-refractivity contribution in [2.75, 3.05) is 40.5 Å². The number of carbonyl (C=O) groups is 1. The molecule has 0 saturated heterocycles. The molecule has 0 fully saturated rings. The van der Waals surface area contributed by atoms with Crippen molar-refractivity contribution >= 4 is 5.91 Å². The first kappa shape index (κ1) is 15.3. The van der Waals surface area contributed by atoms with E-state index in [2.05, 4.69) is 0 Å². The third kappa shape index (κ3) is 4.92. The third-order valence-corrected chi connectivity index (χ3v) is 2.64. The molecule has 0 aromatic rings. The summed E-state index contributed by atoms with van der Waals surface area (Å²) in [6.45, 7) is 5.77. The molecule has 0 radical (unpaired) electrons.